The zero-order valence-corrected chi connectivity index (χ0v) is 10.9. The molecule has 0 saturated heterocycles. The van der Waals surface area contributed by atoms with Crippen LogP contribution in [0.4, 0.5) is 0 Å². The van der Waals surface area contributed by atoms with Gasteiger partial charge in [-0.1, -0.05) is 6.07 Å². The fourth-order valence-electron chi connectivity index (χ4n) is 1.86. The van der Waals surface area contributed by atoms with Crippen molar-refractivity contribution in [2.75, 3.05) is 13.7 Å². The van der Waals surface area contributed by atoms with E-state index in [2.05, 4.69) is 0 Å². The first-order valence-electron chi connectivity index (χ1n) is 5.99. The normalized spacial score (nSPS) is 14.1. The maximum Gasteiger partial charge on any atom is 0.253 e. The fraction of sp³-hybridized carbons (Fsp3) is 0.286. The molecule has 2 amide bonds. The van der Waals surface area contributed by atoms with Crippen molar-refractivity contribution in [1.82, 2.24) is 4.90 Å². The minimum Gasteiger partial charge on any atom is -0.493 e. The Morgan fingerprint density at radius 2 is 1.79 bits per heavy atom. The molecule has 0 unspecified atom stereocenters. The number of rotatable bonds is 5. The Morgan fingerprint density at radius 1 is 1.11 bits per heavy atom. The molecular weight excluding hydrogens is 246 g/mol. The molecule has 1 aliphatic rings. The van der Waals surface area contributed by atoms with Crippen molar-refractivity contribution in [2.45, 2.75) is 13.5 Å². The third-order valence-corrected chi connectivity index (χ3v) is 2.77. The lowest BCUT2D eigenvalue weighted by Crippen LogP contribution is -2.29. The highest BCUT2D eigenvalue weighted by Crippen LogP contribution is 2.28. The average Bonchev–Trinajstić information content (AvgIpc) is 2.71. The SMILES string of the molecule is CCOc1cc(CN2C(=O)C=CC2=O)ccc1OC. The summed E-state index contributed by atoms with van der Waals surface area (Å²) < 4.78 is 10.6. The number of hydrogen-bond acceptors (Lipinski definition) is 4. The van der Waals surface area contributed by atoms with Gasteiger partial charge in [-0.15, -0.1) is 0 Å². The van der Waals surface area contributed by atoms with Gasteiger partial charge in [0.05, 0.1) is 20.3 Å². The van der Waals surface area contributed by atoms with Crippen LogP contribution in [0, 0.1) is 0 Å². The van der Waals surface area contributed by atoms with Gasteiger partial charge in [0.2, 0.25) is 0 Å². The summed E-state index contributed by atoms with van der Waals surface area (Å²) >= 11 is 0. The number of carbonyl (C=O) groups excluding carboxylic acids is 2. The molecule has 0 radical (unpaired) electrons. The van der Waals surface area contributed by atoms with Gasteiger partial charge >= 0.3 is 0 Å². The monoisotopic (exact) mass is 261 g/mol. The number of methoxy groups -OCH3 is 1. The Hall–Kier alpha value is -2.30. The van der Waals surface area contributed by atoms with Crippen molar-refractivity contribution < 1.29 is 19.1 Å². The Morgan fingerprint density at radius 3 is 2.37 bits per heavy atom. The number of amides is 2. The Kier molecular flexibility index (Phi) is 3.85. The smallest absolute Gasteiger partial charge is 0.253 e. The van der Waals surface area contributed by atoms with Gasteiger partial charge in [0.15, 0.2) is 11.5 Å². The first-order valence-corrected chi connectivity index (χ1v) is 5.99. The molecule has 100 valence electrons. The van der Waals surface area contributed by atoms with Crippen LogP contribution >= 0.6 is 0 Å². The van der Waals surface area contributed by atoms with E-state index in [0.29, 0.717) is 18.1 Å². The lowest BCUT2D eigenvalue weighted by molar-refractivity contribution is -0.137. The molecule has 1 aromatic carbocycles. The quantitative estimate of drug-likeness (QED) is 0.754. The summed E-state index contributed by atoms with van der Waals surface area (Å²) in [6.07, 6.45) is 2.55. The van der Waals surface area contributed by atoms with E-state index in [0.717, 1.165) is 5.56 Å². The second-order valence-electron chi connectivity index (χ2n) is 4.01. The third-order valence-electron chi connectivity index (χ3n) is 2.77. The molecule has 0 saturated carbocycles. The van der Waals surface area contributed by atoms with E-state index in [1.165, 1.54) is 17.1 Å². The largest absolute Gasteiger partial charge is 0.493 e. The number of ether oxygens (including phenoxy) is 2. The fourth-order valence-corrected chi connectivity index (χ4v) is 1.86. The summed E-state index contributed by atoms with van der Waals surface area (Å²) in [7, 11) is 1.56. The first-order chi connectivity index (χ1) is 9.15. The van der Waals surface area contributed by atoms with Crippen molar-refractivity contribution in [1.29, 1.82) is 0 Å². The van der Waals surface area contributed by atoms with Gasteiger partial charge in [0.1, 0.15) is 0 Å². The van der Waals surface area contributed by atoms with Crippen LogP contribution < -0.4 is 9.47 Å². The molecule has 2 rings (SSSR count). The molecular formula is C14H15NO4. The van der Waals surface area contributed by atoms with Crippen LogP contribution in [0.3, 0.4) is 0 Å². The molecule has 0 aromatic heterocycles. The summed E-state index contributed by atoms with van der Waals surface area (Å²) in [6.45, 7) is 2.63. The number of benzene rings is 1. The van der Waals surface area contributed by atoms with Crippen LogP contribution in [0.15, 0.2) is 30.4 Å². The second kappa shape index (κ2) is 5.56. The highest BCUT2D eigenvalue weighted by molar-refractivity contribution is 6.12. The summed E-state index contributed by atoms with van der Waals surface area (Å²) in [6, 6.07) is 5.35. The van der Waals surface area contributed by atoms with Crippen molar-refractivity contribution in [3.63, 3.8) is 0 Å². The van der Waals surface area contributed by atoms with Crippen LogP contribution in [0.2, 0.25) is 0 Å². The van der Waals surface area contributed by atoms with Crippen LogP contribution in [-0.4, -0.2) is 30.4 Å². The molecule has 0 bridgehead atoms. The Balaban J connectivity index is 2.19. The van der Waals surface area contributed by atoms with Gasteiger partial charge in [-0.05, 0) is 24.6 Å². The average molecular weight is 261 g/mol. The van der Waals surface area contributed by atoms with E-state index < -0.39 is 0 Å². The third kappa shape index (κ3) is 2.76. The lowest BCUT2D eigenvalue weighted by atomic mass is 10.2. The van der Waals surface area contributed by atoms with E-state index in [4.69, 9.17) is 9.47 Å². The van der Waals surface area contributed by atoms with Gasteiger partial charge in [-0.3, -0.25) is 14.5 Å². The molecule has 0 fully saturated rings. The maximum atomic E-state index is 11.5. The predicted molar refractivity (Wildman–Crippen MR) is 68.9 cm³/mol. The minimum absolute atomic E-state index is 0.231. The standard InChI is InChI=1S/C14H15NO4/c1-3-19-12-8-10(4-5-11(12)18-2)9-15-13(16)6-7-14(15)17/h4-8H,3,9H2,1-2H3. The number of carbonyl (C=O) groups is 2. The zero-order chi connectivity index (χ0) is 13.8. The number of nitrogens with zero attached hydrogens (tertiary/aromatic N) is 1. The van der Waals surface area contributed by atoms with Crippen molar-refractivity contribution in [3.8, 4) is 11.5 Å². The van der Waals surface area contributed by atoms with Crippen LogP contribution in [0.5, 0.6) is 11.5 Å². The summed E-state index contributed by atoms with van der Waals surface area (Å²) in [4.78, 5) is 24.1. The molecule has 5 nitrogen and oxygen atoms in total. The Labute approximate surface area is 111 Å². The predicted octanol–water partition coefficient (Wildman–Crippen LogP) is 1.52. The van der Waals surface area contributed by atoms with Crippen molar-refractivity contribution in [3.05, 3.63) is 35.9 Å². The molecule has 1 aliphatic heterocycles. The maximum absolute atomic E-state index is 11.5. The molecule has 5 heteroatoms. The van der Waals surface area contributed by atoms with Gasteiger partial charge < -0.3 is 9.47 Å². The zero-order valence-electron chi connectivity index (χ0n) is 10.9. The molecule has 0 aliphatic carbocycles. The van der Waals surface area contributed by atoms with Gasteiger partial charge in [-0.2, -0.15) is 0 Å². The van der Waals surface area contributed by atoms with Gasteiger partial charge in [0, 0.05) is 12.2 Å². The minimum atomic E-state index is -0.293. The molecule has 0 spiro atoms. The van der Waals surface area contributed by atoms with E-state index >= 15 is 0 Å². The van der Waals surface area contributed by atoms with Gasteiger partial charge in [0.25, 0.3) is 11.8 Å². The molecule has 0 N–H and O–H groups in total. The topological polar surface area (TPSA) is 55.8 Å². The summed E-state index contributed by atoms with van der Waals surface area (Å²) in [5.41, 5.74) is 0.814. The summed E-state index contributed by atoms with van der Waals surface area (Å²) in [5.74, 6) is 0.648. The van der Waals surface area contributed by atoms with Crippen LogP contribution in [0.25, 0.3) is 0 Å². The summed E-state index contributed by atoms with van der Waals surface area (Å²) in [5, 5.41) is 0. The Bertz CT molecular complexity index is 518. The highest BCUT2D eigenvalue weighted by atomic mass is 16.5. The van der Waals surface area contributed by atoms with Crippen molar-refractivity contribution >= 4 is 11.8 Å². The van der Waals surface area contributed by atoms with Crippen LogP contribution in [-0.2, 0) is 16.1 Å². The molecule has 1 aromatic rings. The second-order valence-corrected chi connectivity index (χ2v) is 4.01. The van der Waals surface area contributed by atoms with E-state index in [-0.39, 0.29) is 18.4 Å². The molecule has 19 heavy (non-hydrogen) atoms. The van der Waals surface area contributed by atoms with Gasteiger partial charge in [-0.25, -0.2) is 0 Å². The van der Waals surface area contributed by atoms with E-state index in [9.17, 15) is 9.59 Å². The lowest BCUT2D eigenvalue weighted by Gasteiger charge is -2.15. The van der Waals surface area contributed by atoms with E-state index in [1.54, 1.807) is 25.3 Å². The number of imide groups is 1. The molecule has 1 heterocycles. The van der Waals surface area contributed by atoms with Crippen LogP contribution in [0.1, 0.15) is 12.5 Å². The number of hydrogen-bond donors (Lipinski definition) is 0. The van der Waals surface area contributed by atoms with E-state index in [1.807, 2.05) is 6.92 Å². The first kappa shape index (κ1) is 13.1. The van der Waals surface area contributed by atoms with Crippen molar-refractivity contribution in [2.24, 2.45) is 0 Å². The molecule has 0 atom stereocenters. The highest BCUT2D eigenvalue weighted by Gasteiger charge is 2.23.